The van der Waals surface area contributed by atoms with Crippen LogP contribution in [-0.2, 0) is 11.3 Å². The maximum atomic E-state index is 11.2. The molecule has 0 saturated carbocycles. The van der Waals surface area contributed by atoms with Crippen LogP contribution in [0.1, 0.15) is 23.2 Å². The molecule has 2 rings (SSSR count). The van der Waals surface area contributed by atoms with Crippen LogP contribution in [0.4, 0.5) is 0 Å². The van der Waals surface area contributed by atoms with Crippen LogP contribution in [0.3, 0.4) is 0 Å². The van der Waals surface area contributed by atoms with Gasteiger partial charge in [-0.1, -0.05) is 0 Å². The molecule has 0 aliphatic carbocycles. The van der Waals surface area contributed by atoms with E-state index in [4.69, 9.17) is 13.9 Å². The number of carbonyl (C=O) groups excluding carboxylic acids is 1. The Hall–Kier alpha value is -2.43. The molecule has 5 heteroatoms. The van der Waals surface area contributed by atoms with Crippen molar-refractivity contribution in [3.8, 4) is 11.5 Å². The summed E-state index contributed by atoms with van der Waals surface area (Å²) in [4.78, 5) is 11.2. The Morgan fingerprint density at radius 3 is 2.30 bits per heavy atom. The van der Waals surface area contributed by atoms with Gasteiger partial charge in [0.1, 0.15) is 23.9 Å². The monoisotopic (exact) mass is 276 g/mol. The molecule has 1 aromatic carbocycles. The molecule has 0 bridgehead atoms. The Morgan fingerprint density at radius 2 is 1.70 bits per heavy atom. The van der Waals surface area contributed by atoms with Gasteiger partial charge in [0, 0.05) is 0 Å². The molecular weight excluding hydrogens is 260 g/mol. The van der Waals surface area contributed by atoms with Crippen molar-refractivity contribution < 1.29 is 23.4 Å². The summed E-state index contributed by atoms with van der Waals surface area (Å²) in [5, 5.41) is 0. The van der Waals surface area contributed by atoms with Crippen LogP contribution < -0.4 is 9.47 Å². The minimum Gasteiger partial charge on any atom is -0.494 e. The lowest BCUT2D eigenvalue weighted by molar-refractivity contribution is 0.0561. The van der Waals surface area contributed by atoms with E-state index in [1.54, 1.807) is 12.1 Å². The zero-order valence-corrected chi connectivity index (χ0v) is 11.4. The summed E-state index contributed by atoms with van der Waals surface area (Å²) in [6.07, 6.45) is 0. The van der Waals surface area contributed by atoms with E-state index in [-0.39, 0.29) is 12.4 Å². The van der Waals surface area contributed by atoms with Crippen molar-refractivity contribution in [1.29, 1.82) is 0 Å². The zero-order valence-electron chi connectivity index (χ0n) is 11.4. The first-order valence-electron chi connectivity index (χ1n) is 6.25. The SMILES string of the molecule is CCOc1ccc(OCc2ccc(C(=O)OC)o2)cc1. The van der Waals surface area contributed by atoms with Crippen molar-refractivity contribution >= 4 is 5.97 Å². The smallest absolute Gasteiger partial charge is 0.373 e. The Balaban J connectivity index is 1.91. The third-order valence-electron chi connectivity index (χ3n) is 2.56. The Bertz CT molecular complexity index is 556. The molecule has 5 nitrogen and oxygen atoms in total. The van der Waals surface area contributed by atoms with E-state index in [1.807, 2.05) is 31.2 Å². The highest BCUT2D eigenvalue weighted by molar-refractivity contribution is 5.86. The largest absolute Gasteiger partial charge is 0.494 e. The Kier molecular flexibility index (Phi) is 4.65. The van der Waals surface area contributed by atoms with Gasteiger partial charge >= 0.3 is 5.97 Å². The maximum absolute atomic E-state index is 11.2. The summed E-state index contributed by atoms with van der Waals surface area (Å²) >= 11 is 0. The van der Waals surface area contributed by atoms with Crippen molar-refractivity contribution in [3.05, 3.63) is 47.9 Å². The fourth-order valence-corrected chi connectivity index (χ4v) is 1.62. The highest BCUT2D eigenvalue weighted by Crippen LogP contribution is 2.19. The van der Waals surface area contributed by atoms with Gasteiger partial charge in [-0.2, -0.15) is 0 Å². The average Bonchev–Trinajstić information content (AvgIpc) is 2.95. The average molecular weight is 276 g/mol. The predicted octanol–water partition coefficient (Wildman–Crippen LogP) is 3.04. The lowest BCUT2D eigenvalue weighted by Crippen LogP contribution is -1.99. The number of benzene rings is 1. The van der Waals surface area contributed by atoms with E-state index in [0.29, 0.717) is 18.1 Å². The molecule has 0 fully saturated rings. The van der Waals surface area contributed by atoms with Crippen LogP contribution in [0.25, 0.3) is 0 Å². The fraction of sp³-hybridized carbons (Fsp3) is 0.267. The van der Waals surface area contributed by atoms with Crippen molar-refractivity contribution in [2.75, 3.05) is 13.7 Å². The first kappa shape index (κ1) is 14.0. The van der Waals surface area contributed by atoms with Gasteiger partial charge in [-0.25, -0.2) is 4.79 Å². The first-order chi connectivity index (χ1) is 9.72. The lowest BCUT2D eigenvalue weighted by atomic mass is 10.3. The molecule has 0 amide bonds. The standard InChI is InChI=1S/C15H16O5/c1-3-18-11-4-6-12(7-5-11)19-10-13-8-9-14(20-13)15(16)17-2/h4-9H,3,10H2,1-2H3. The number of rotatable bonds is 6. The first-order valence-corrected chi connectivity index (χ1v) is 6.25. The maximum Gasteiger partial charge on any atom is 0.373 e. The third kappa shape index (κ3) is 3.54. The molecule has 1 aromatic heterocycles. The van der Waals surface area contributed by atoms with E-state index in [0.717, 1.165) is 5.75 Å². The number of esters is 1. The number of ether oxygens (including phenoxy) is 3. The molecule has 0 unspecified atom stereocenters. The zero-order chi connectivity index (χ0) is 14.4. The number of furan rings is 1. The van der Waals surface area contributed by atoms with Gasteiger partial charge in [0.2, 0.25) is 5.76 Å². The van der Waals surface area contributed by atoms with Gasteiger partial charge in [-0.15, -0.1) is 0 Å². The van der Waals surface area contributed by atoms with Gasteiger partial charge < -0.3 is 18.6 Å². The Morgan fingerprint density at radius 1 is 1.05 bits per heavy atom. The number of methoxy groups -OCH3 is 1. The quantitative estimate of drug-likeness (QED) is 0.759. The molecule has 0 aliphatic rings. The number of hydrogen-bond donors (Lipinski definition) is 0. The van der Waals surface area contributed by atoms with Crippen molar-refractivity contribution in [2.45, 2.75) is 13.5 Å². The van der Waals surface area contributed by atoms with E-state index in [1.165, 1.54) is 7.11 Å². The van der Waals surface area contributed by atoms with Gasteiger partial charge in [0.15, 0.2) is 0 Å². The van der Waals surface area contributed by atoms with Crippen LogP contribution in [0.2, 0.25) is 0 Å². The highest BCUT2D eigenvalue weighted by atomic mass is 16.5. The minimum atomic E-state index is -0.502. The second kappa shape index (κ2) is 6.65. The molecule has 1 heterocycles. The fourth-order valence-electron chi connectivity index (χ4n) is 1.62. The summed E-state index contributed by atoms with van der Waals surface area (Å²) in [7, 11) is 1.31. The van der Waals surface area contributed by atoms with E-state index >= 15 is 0 Å². The van der Waals surface area contributed by atoms with Crippen molar-refractivity contribution in [3.63, 3.8) is 0 Å². The third-order valence-corrected chi connectivity index (χ3v) is 2.56. The molecule has 0 radical (unpaired) electrons. The molecule has 20 heavy (non-hydrogen) atoms. The second-order valence-electron chi connectivity index (χ2n) is 3.95. The molecule has 0 saturated heterocycles. The van der Waals surface area contributed by atoms with Crippen LogP contribution in [0, 0.1) is 0 Å². The van der Waals surface area contributed by atoms with E-state index in [2.05, 4.69) is 4.74 Å². The topological polar surface area (TPSA) is 57.9 Å². The van der Waals surface area contributed by atoms with Crippen molar-refractivity contribution in [2.24, 2.45) is 0 Å². The van der Waals surface area contributed by atoms with Gasteiger partial charge in [0.05, 0.1) is 13.7 Å². The molecule has 0 aliphatic heterocycles. The molecular formula is C15H16O5. The highest BCUT2D eigenvalue weighted by Gasteiger charge is 2.11. The van der Waals surface area contributed by atoms with Crippen LogP contribution in [0.15, 0.2) is 40.8 Å². The van der Waals surface area contributed by atoms with Crippen LogP contribution in [-0.4, -0.2) is 19.7 Å². The van der Waals surface area contributed by atoms with Crippen LogP contribution in [0.5, 0.6) is 11.5 Å². The summed E-state index contributed by atoms with van der Waals surface area (Å²) in [5.41, 5.74) is 0. The van der Waals surface area contributed by atoms with Gasteiger partial charge in [-0.3, -0.25) is 0 Å². The normalized spacial score (nSPS) is 10.1. The molecule has 2 aromatic rings. The van der Waals surface area contributed by atoms with E-state index < -0.39 is 5.97 Å². The molecule has 106 valence electrons. The molecule has 0 N–H and O–H groups in total. The van der Waals surface area contributed by atoms with E-state index in [9.17, 15) is 4.79 Å². The number of carbonyl (C=O) groups is 1. The molecule has 0 spiro atoms. The van der Waals surface area contributed by atoms with Crippen molar-refractivity contribution in [1.82, 2.24) is 0 Å². The summed E-state index contributed by atoms with van der Waals surface area (Å²) in [5.74, 6) is 1.71. The van der Waals surface area contributed by atoms with Crippen LogP contribution >= 0.6 is 0 Å². The molecule has 0 atom stereocenters. The summed E-state index contributed by atoms with van der Waals surface area (Å²) in [6, 6.07) is 10.5. The Labute approximate surface area is 117 Å². The lowest BCUT2D eigenvalue weighted by Gasteiger charge is -2.06. The second-order valence-corrected chi connectivity index (χ2v) is 3.95. The predicted molar refractivity (Wildman–Crippen MR) is 72.0 cm³/mol. The summed E-state index contributed by atoms with van der Waals surface area (Å²) in [6.45, 7) is 2.80. The van der Waals surface area contributed by atoms with Gasteiger partial charge in [-0.05, 0) is 43.3 Å². The number of hydrogen-bond acceptors (Lipinski definition) is 5. The van der Waals surface area contributed by atoms with Gasteiger partial charge in [0.25, 0.3) is 0 Å². The minimum absolute atomic E-state index is 0.165. The summed E-state index contributed by atoms with van der Waals surface area (Å²) < 4.78 is 20.7.